The van der Waals surface area contributed by atoms with Crippen molar-refractivity contribution in [2.45, 2.75) is 20.8 Å². The molecule has 6 nitrogen and oxygen atoms in total. The number of nitrogens with zero attached hydrogens (tertiary/aromatic N) is 2. The van der Waals surface area contributed by atoms with E-state index in [0.717, 1.165) is 26.1 Å². The van der Waals surface area contributed by atoms with Gasteiger partial charge in [-0.3, -0.25) is 19.7 Å². The molecule has 7 heteroatoms. The molecule has 4 aromatic rings. The predicted octanol–water partition coefficient (Wildman–Crippen LogP) is 6.90. The van der Waals surface area contributed by atoms with Gasteiger partial charge in [0, 0.05) is 21.5 Å². The van der Waals surface area contributed by atoms with Crippen molar-refractivity contribution in [2.75, 3.05) is 4.90 Å². The summed E-state index contributed by atoms with van der Waals surface area (Å²) in [6, 6.07) is 17.3. The Morgan fingerprint density at radius 3 is 2.21 bits per heavy atom. The minimum atomic E-state index is -0.570. The number of aryl methyl sites for hydroxylation is 3. The molecule has 0 fully saturated rings. The van der Waals surface area contributed by atoms with Crippen LogP contribution in [0.2, 0.25) is 0 Å². The third kappa shape index (κ3) is 3.23. The van der Waals surface area contributed by atoms with Crippen LogP contribution < -0.4 is 4.90 Å². The maximum absolute atomic E-state index is 13.6. The summed E-state index contributed by atoms with van der Waals surface area (Å²) in [5.41, 5.74) is 4.64. The zero-order valence-corrected chi connectivity index (χ0v) is 20.3. The molecular formula is C27H19BrN2O4. The molecule has 2 amide bonds. The molecule has 0 aliphatic carbocycles. The average molecular weight is 515 g/mol. The van der Waals surface area contributed by atoms with E-state index >= 15 is 0 Å². The number of carbonyl (C=O) groups is 2. The molecule has 1 aliphatic rings. The van der Waals surface area contributed by atoms with Gasteiger partial charge in [-0.25, -0.2) is 4.90 Å². The van der Waals surface area contributed by atoms with Crippen LogP contribution in [0.1, 0.15) is 37.4 Å². The van der Waals surface area contributed by atoms with E-state index in [2.05, 4.69) is 15.9 Å². The Hall–Kier alpha value is -3.84. The Balaban J connectivity index is 1.84. The van der Waals surface area contributed by atoms with Crippen molar-refractivity contribution in [3.05, 3.63) is 103 Å². The van der Waals surface area contributed by atoms with Gasteiger partial charge in [0.05, 0.1) is 21.7 Å². The molecule has 5 rings (SSSR count). The first-order chi connectivity index (χ1) is 16.2. The number of nitro groups is 1. The van der Waals surface area contributed by atoms with E-state index in [-0.39, 0.29) is 11.3 Å². The molecule has 4 aromatic carbocycles. The number of imide groups is 1. The molecular weight excluding hydrogens is 496 g/mol. The summed E-state index contributed by atoms with van der Waals surface area (Å²) in [6.45, 7) is 5.73. The summed E-state index contributed by atoms with van der Waals surface area (Å²) in [5.74, 6) is -1.02. The van der Waals surface area contributed by atoms with Gasteiger partial charge in [0.1, 0.15) is 0 Å². The van der Waals surface area contributed by atoms with E-state index in [9.17, 15) is 19.7 Å². The number of carbonyl (C=O) groups excluding carboxylic acids is 2. The van der Waals surface area contributed by atoms with Crippen LogP contribution in [-0.4, -0.2) is 16.7 Å². The number of hydrogen-bond acceptors (Lipinski definition) is 4. The van der Waals surface area contributed by atoms with E-state index < -0.39 is 16.7 Å². The summed E-state index contributed by atoms with van der Waals surface area (Å²) in [4.78, 5) is 40.0. The van der Waals surface area contributed by atoms with Crippen LogP contribution in [0.3, 0.4) is 0 Å². The molecule has 0 atom stereocenters. The van der Waals surface area contributed by atoms with E-state index in [1.807, 2.05) is 45.0 Å². The largest absolute Gasteiger partial charge is 0.278 e. The second-order valence-corrected chi connectivity index (χ2v) is 9.39. The molecule has 0 bridgehead atoms. The quantitative estimate of drug-likeness (QED) is 0.169. The van der Waals surface area contributed by atoms with Crippen LogP contribution >= 0.6 is 15.9 Å². The highest BCUT2D eigenvalue weighted by Gasteiger charge is 2.37. The maximum atomic E-state index is 13.6. The van der Waals surface area contributed by atoms with Crippen LogP contribution in [0.15, 0.2) is 65.1 Å². The highest BCUT2D eigenvalue weighted by molar-refractivity contribution is 9.10. The Labute approximate surface area is 204 Å². The van der Waals surface area contributed by atoms with Gasteiger partial charge in [-0.2, -0.15) is 0 Å². The summed E-state index contributed by atoms with van der Waals surface area (Å²) in [6.07, 6.45) is 0. The van der Waals surface area contributed by atoms with E-state index in [4.69, 9.17) is 0 Å². The van der Waals surface area contributed by atoms with Crippen LogP contribution in [0.25, 0.3) is 21.9 Å². The van der Waals surface area contributed by atoms with E-state index in [1.165, 1.54) is 6.07 Å². The Morgan fingerprint density at radius 1 is 0.794 bits per heavy atom. The minimum absolute atomic E-state index is 0.147. The highest BCUT2D eigenvalue weighted by Crippen LogP contribution is 2.44. The first-order valence-electron chi connectivity index (χ1n) is 10.7. The van der Waals surface area contributed by atoms with Crippen molar-refractivity contribution >= 4 is 49.9 Å². The fourth-order valence-electron chi connectivity index (χ4n) is 4.58. The van der Waals surface area contributed by atoms with Crippen LogP contribution in [0.5, 0.6) is 0 Å². The smallest absolute Gasteiger partial charge is 0.268 e. The molecule has 0 unspecified atom stereocenters. The van der Waals surface area contributed by atoms with Crippen molar-refractivity contribution < 1.29 is 14.5 Å². The topological polar surface area (TPSA) is 80.5 Å². The number of amides is 2. The third-order valence-electron chi connectivity index (χ3n) is 6.41. The van der Waals surface area contributed by atoms with Crippen LogP contribution in [0, 0.1) is 30.9 Å². The van der Waals surface area contributed by atoms with Gasteiger partial charge in [0.2, 0.25) is 0 Å². The van der Waals surface area contributed by atoms with Crippen LogP contribution in [-0.2, 0) is 0 Å². The number of hydrogen-bond donors (Lipinski definition) is 0. The second-order valence-electron chi connectivity index (χ2n) is 8.48. The normalized spacial score (nSPS) is 13.0. The number of rotatable bonds is 3. The lowest BCUT2D eigenvalue weighted by atomic mass is 9.86. The standard InChI is InChI=1S/C27H19BrN2O4/c1-14-7-9-18(12-15(14)2)29-26(31)21-6-4-5-20-24(21)22(27(29)32)13-23(30(33)34)25(20)19-10-8-17(28)11-16(19)3/h4-13H,1-3H3. The van der Waals surface area contributed by atoms with Gasteiger partial charge >= 0.3 is 0 Å². The lowest BCUT2D eigenvalue weighted by molar-refractivity contribution is -0.384. The number of benzene rings is 4. The van der Waals surface area contributed by atoms with Crippen molar-refractivity contribution in [1.82, 2.24) is 0 Å². The van der Waals surface area contributed by atoms with E-state index in [0.29, 0.717) is 33.2 Å². The summed E-state index contributed by atoms with van der Waals surface area (Å²) >= 11 is 3.43. The average Bonchev–Trinajstić information content (AvgIpc) is 2.79. The van der Waals surface area contributed by atoms with Crippen LogP contribution in [0.4, 0.5) is 11.4 Å². The van der Waals surface area contributed by atoms with Crippen molar-refractivity contribution in [2.24, 2.45) is 0 Å². The molecule has 0 saturated carbocycles. The maximum Gasteiger partial charge on any atom is 0.278 e. The molecule has 1 heterocycles. The molecule has 0 saturated heterocycles. The molecule has 168 valence electrons. The lowest BCUT2D eigenvalue weighted by Crippen LogP contribution is -2.40. The summed E-state index contributed by atoms with van der Waals surface area (Å²) in [7, 11) is 0. The summed E-state index contributed by atoms with van der Waals surface area (Å²) < 4.78 is 0.855. The van der Waals surface area contributed by atoms with Gasteiger partial charge in [0.25, 0.3) is 17.5 Å². The minimum Gasteiger partial charge on any atom is -0.268 e. The number of nitro benzene ring substituents is 1. The first kappa shape index (κ1) is 22.0. The number of anilines is 1. The zero-order chi connectivity index (χ0) is 24.3. The third-order valence-corrected chi connectivity index (χ3v) is 6.90. The van der Waals surface area contributed by atoms with Gasteiger partial charge in [0.15, 0.2) is 0 Å². The Morgan fingerprint density at radius 2 is 1.53 bits per heavy atom. The van der Waals surface area contributed by atoms with Gasteiger partial charge in [-0.15, -0.1) is 0 Å². The fourth-order valence-corrected chi connectivity index (χ4v) is 5.06. The highest BCUT2D eigenvalue weighted by atomic mass is 79.9. The monoisotopic (exact) mass is 514 g/mol. The second kappa shape index (κ2) is 7.88. The van der Waals surface area contributed by atoms with Gasteiger partial charge in [-0.05, 0) is 78.7 Å². The lowest BCUT2D eigenvalue weighted by Gasteiger charge is -2.28. The van der Waals surface area contributed by atoms with E-state index in [1.54, 1.807) is 30.3 Å². The molecule has 34 heavy (non-hydrogen) atoms. The molecule has 1 aliphatic heterocycles. The van der Waals surface area contributed by atoms with Gasteiger partial charge < -0.3 is 0 Å². The molecule has 0 radical (unpaired) electrons. The SMILES string of the molecule is Cc1ccc(N2C(=O)c3cccc4c(-c5ccc(Br)cc5C)c([N+](=O)[O-])cc(c34)C2=O)cc1C. The predicted molar refractivity (Wildman–Crippen MR) is 136 cm³/mol. The Bertz CT molecular complexity index is 1580. The van der Waals surface area contributed by atoms with Crippen molar-refractivity contribution in [3.8, 4) is 11.1 Å². The van der Waals surface area contributed by atoms with Crippen molar-refractivity contribution in [3.63, 3.8) is 0 Å². The van der Waals surface area contributed by atoms with Crippen molar-refractivity contribution in [1.29, 1.82) is 0 Å². The zero-order valence-electron chi connectivity index (χ0n) is 18.7. The summed E-state index contributed by atoms with van der Waals surface area (Å²) in [5, 5.41) is 13.2. The molecule has 0 N–H and O–H groups in total. The van der Waals surface area contributed by atoms with Gasteiger partial charge in [-0.1, -0.05) is 40.2 Å². The first-order valence-corrected chi connectivity index (χ1v) is 11.4. The molecule has 0 aromatic heterocycles. The fraction of sp³-hybridized carbons (Fsp3) is 0.111. The molecule has 0 spiro atoms. The number of halogens is 1. The Kier molecular flexibility index (Phi) is 5.10.